The van der Waals surface area contributed by atoms with Crippen LogP contribution < -0.4 is 5.32 Å². The topological polar surface area (TPSA) is 46.9 Å². The highest BCUT2D eigenvalue weighted by molar-refractivity contribution is 5.94. The van der Waals surface area contributed by atoms with Crippen LogP contribution in [0.15, 0.2) is 60.7 Å². The molecule has 1 aromatic heterocycles. The Morgan fingerprint density at radius 1 is 1.08 bits per heavy atom. The van der Waals surface area contributed by atoms with Gasteiger partial charge in [-0.15, -0.1) is 0 Å². The van der Waals surface area contributed by atoms with E-state index in [0.717, 1.165) is 29.9 Å². The number of benzene rings is 2. The van der Waals surface area contributed by atoms with E-state index in [1.165, 1.54) is 5.56 Å². The SMILES string of the molecule is Cc1cc(C)n(-c2ccc(C(=O)NCC3(c4ccccc4)CC3)cc2)n1. The first kappa shape index (κ1) is 16.6. The van der Waals surface area contributed by atoms with Crippen molar-refractivity contribution in [1.29, 1.82) is 0 Å². The van der Waals surface area contributed by atoms with Gasteiger partial charge in [0.2, 0.25) is 0 Å². The molecule has 0 bridgehead atoms. The molecule has 2 aromatic carbocycles. The van der Waals surface area contributed by atoms with E-state index in [9.17, 15) is 4.79 Å². The zero-order chi connectivity index (χ0) is 18.1. The molecule has 4 heteroatoms. The van der Waals surface area contributed by atoms with Gasteiger partial charge in [0.15, 0.2) is 0 Å². The predicted octanol–water partition coefficient (Wildman–Crippen LogP) is 3.95. The number of aryl methyl sites for hydroxylation is 2. The van der Waals surface area contributed by atoms with E-state index in [1.807, 2.05) is 54.9 Å². The number of carbonyl (C=O) groups is 1. The molecule has 0 saturated heterocycles. The molecule has 1 amide bonds. The molecule has 1 heterocycles. The predicted molar refractivity (Wildman–Crippen MR) is 103 cm³/mol. The van der Waals surface area contributed by atoms with E-state index in [4.69, 9.17) is 0 Å². The van der Waals surface area contributed by atoms with Gasteiger partial charge in [-0.2, -0.15) is 5.10 Å². The van der Waals surface area contributed by atoms with Gasteiger partial charge in [-0.3, -0.25) is 4.79 Å². The van der Waals surface area contributed by atoms with Gasteiger partial charge in [0.1, 0.15) is 0 Å². The Morgan fingerprint density at radius 3 is 2.35 bits per heavy atom. The average molecular weight is 345 g/mol. The Kier molecular flexibility index (Phi) is 4.11. The van der Waals surface area contributed by atoms with Crippen molar-refractivity contribution in [3.8, 4) is 5.69 Å². The minimum absolute atomic E-state index is 0.0212. The number of nitrogens with zero attached hydrogens (tertiary/aromatic N) is 2. The van der Waals surface area contributed by atoms with Crippen molar-refractivity contribution in [3.05, 3.63) is 83.2 Å². The summed E-state index contributed by atoms with van der Waals surface area (Å²) >= 11 is 0. The van der Waals surface area contributed by atoms with Crippen molar-refractivity contribution in [2.45, 2.75) is 32.1 Å². The molecule has 1 fully saturated rings. The molecule has 0 aliphatic heterocycles. The normalized spacial score (nSPS) is 14.8. The van der Waals surface area contributed by atoms with Gasteiger partial charge in [0.25, 0.3) is 5.91 Å². The number of hydrogen-bond acceptors (Lipinski definition) is 2. The molecule has 0 unspecified atom stereocenters. The fourth-order valence-corrected chi connectivity index (χ4v) is 3.51. The van der Waals surface area contributed by atoms with Crippen molar-refractivity contribution in [2.24, 2.45) is 0 Å². The Hall–Kier alpha value is -2.88. The lowest BCUT2D eigenvalue weighted by Crippen LogP contribution is -2.32. The summed E-state index contributed by atoms with van der Waals surface area (Å²) in [4.78, 5) is 12.5. The first-order valence-corrected chi connectivity index (χ1v) is 9.05. The van der Waals surface area contributed by atoms with Crippen LogP contribution in [0.5, 0.6) is 0 Å². The maximum atomic E-state index is 12.5. The molecule has 0 atom stereocenters. The largest absolute Gasteiger partial charge is 0.351 e. The Morgan fingerprint density at radius 2 is 1.77 bits per heavy atom. The minimum atomic E-state index is -0.0212. The van der Waals surface area contributed by atoms with Crippen molar-refractivity contribution in [3.63, 3.8) is 0 Å². The summed E-state index contributed by atoms with van der Waals surface area (Å²) < 4.78 is 1.89. The molecule has 3 aromatic rings. The molecular formula is C22H23N3O. The quantitative estimate of drug-likeness (QED) is 0.761. The lowest BCUT2D eigenvalue weighted by Gasteiger charge is -2.16. The number of nitrogens with one attached hydrogen (secondary N) is 1. The Balaban J connectivity index is 1.43. The summed E-state index contributed by atoms with van der Waals surface area (Å²) in [6.07, 6.45) is 2.27. The second-order valence-corrected chi connectivity index (χ2v) is 7.21. The van der Waals surface area contributed by atoms with Crippen LogP contribution in [0.3, 0.4) is 0 Å². The highest BCUT2D eigenvalue weighted by Gasteiger charge is 2.44. The lowest BCUT2D eigenvalue weighted by atomic mass is 9.96. The van der Waals surface area contributed by atoms with Crippen LogP contribution in [0, 0.1) is 13.8 Å². The molecule has 26 heavy (non-hydrogen) atoms. The van der Waals surface area contributed by atoms with E-state index >= 15 is 0 Å². The van der Waals surface area contributed by atoms with Gasteiger partial charge in [0, 0.05) is 23.2 Å². The molecule has 4 nitrogen and oxygen atoms in total. The zero-order valence-electron chi connectivity index (χ0n) is 15.2. The molecule has 0 radical (unpaired) electrons. The molecule has 1 saturated carbocycles. The number of carbonyl (C=O) groups excluding carboxylic acids is 1. The van der Waals surface area contributed by atoms with Gasteiger partial charge in [-0.25, -0.2) is 4.68 Å². The second-order valence-electron chi connectivity index (χ2n) is 7.21. The third kappa shape index (κ3) is 3.15. The summed E-state index contributed by atoms with van der Waals surface area (Å²) in [5, 5.41) is 7.60. The summed E-state index contributed by atoms with van der Waals surface area (Å²) in [5.74, 6) is -0.0212. The van der Waals surface area contributed by atoms with Crippen LogP contribution in [-0.4, -0.2) is 22.2 Å². The van der Waals surface area contributed by atoms with E-state index < -0.39 is 0 Å². The maximum absolute atomic E-state index is 12.5. The van der Waals surface area contributed by atoms with Gasteiger partial charge in [-0.1, -0.05) is 30.3 Å². The lowest BCUT2D eigenvalue weighted by molar-refractivity contribution is 0.0949. The van der Waals surface area contributed by atoms with E-state index in [1.54, 1.807) is 0 Å². The van der Waals surface area contributed by atoms with Gasteiger partial charge < -0.3 is 5.32 Å². The molecule has 132 valence electrons. The summed E-state index contributed by atoms with van der Waals surface area (Å²) in [5.41, 5.74) is 5.16. The highest BCUT2D eigenvalue weighted by Crippen LogP contribution is 2.47. The van der Waals surface area contributed by atoms with Gasteiger partial charge in [-0.05, 0) is 62.6 Å². The zero-order valence-corrected chi connectivity index (χ0v) is 15.2. The van der Waals surface area contributed by atoms with Crippen LogP contribution >= 0.6 is 0 Å². The highest BCUT2D eigenvalue weighted by atomic mass is 16.1. The summed E-state index contributed by atoms with van der Waals surface area (Å²) in [7, 11) is 0. The fraction of sp³-hybridized carbons (Fsp3) is 0.273. The minimum Gasteiger partial charge on any atom is -0.351 e. The van der Waals surface area contributed by atoms with Crippen molar-refractivity contribution >= 4 is 5.91 Å². The van der Waals surface area contributed by atoms with Crippen LogP contribution in [0.2, 0.25) is 0 Å². The summed E-state index contributed by atoms with van der Waals surface area (Å²) in [6.45, 7) is 4.69. The first-order valence-electron chi connectivity index (χ1n) is 9.05. The third-order valence-corrected chi connectivity index (χ3v) is 5.21. The van der Waals surface area contributed by atoms with Crippen LogP contribution in [0.25, 0.3) is 5.69 Å². The molecular weight excluding hydrogens is 322 g/mol. The van der Waals surface area contributed by atoms with Crippen molar-refractivity contribution in [2.75, 3.05) is 6.54 Å². The monoisotopic (exact) mass is 345 g/mol. The average Bonchev–Trinajstić information content (AvgIpc) is 3.39. The number of hydrogen-bond donors (Lipinski definition) is 1. The van der Waals surface area contributed by atoms with Crippen LogP contribution in [0.1, 0.15) is 40.2 Å². The van der Waals surface area contributed by atoms with E-state index in [-0.39, 0.29) is 11.3 Å². The Labute approximate surface area is 153 Å². The van der Waals surface area contributed by atoms with Gasteiger partial charge >= 0.3 is 0 Å². The second kappa shape index (κ2) is 6.45. The van der Waals surface area contributed by atoms with E-state index in [2.05, 4.69) is 34.7 Å². The number of amides is 1. The smallest absolute Gasteiger partial charge is 0.251 e. The third-order valence-electron chi connectivity index (χ3n) is 5.21. The molecule has 1 N–H and O–H groups in total. The molecule has 1 aliphatic carbocycles. The van der Waals surface area contributed by atoms with Crippen molar-refractivity contribution in [1.82, 2.24) is 15.1 Å². The van der Waals surface area contributed by atoms with Crippen LogP contribution in [0.4, 0.5) is 0 Å². The molecule has 0 spiro atoms. The van der Waals surface area contributed by atoms with Gasteiger partial charge in [0.05, 0.1) is 11.4 Å². The molecule has 1 aliphatic rings. The number of rotatable bonds is 5. The number of aromatic nitrogens is 2. The van der Waals surface area contributed by atoms with Crippen molar-refractivity contribution < 1.29 is 4.79 Å². The Bertz CT molecular complexity index is 922. The fourth-order valence-electron chi connectivity index (χ4n) is 3.51. The molecule has 4 rings (SSSR count). The van der Waals surface area contributed by atoms with E-state index in [0.29, 0.717) is 12.1 Å². The standard InChI is InChI=1S/C22H23N3O/c1-16-14-17(2)25(24-16)20-10-8-18(9-11-20)21(26)23-15-22(12-13-22)19-6-4-3-5-7-19/h3-11,14H,12-13,15H2,1-2H3,(H,23,26). The maximum Gasteiger partial charge on any atom is 0.251 e. The first-order chi connectivity index (χ1) is 12.6. The summed E-state index contributed by atoms with van der Waals surface area (Å²) in [6, 6.07) is 20.1. The van der Waals surface area contributed by atoms with Crippen LogP contribution in [-0.2, 0) is 5.41 Å².